The van der Waals surface area contributed by atoms with Crippen molar-refractivity contribution in [3.05, 3.63) is 104 Å². The van der Waals surface area contributed by atoms with Gasteiger partial charge in [0.15, 0.2) is 0 Å². The van der Waals surface area contributed by atoms with Crippen LogP contribution in [-0.2, 0) is 25.6 Å². The molecule has 3 aromatic carbocycles. The molecule has 0 saturated heterocycles. The van der Waals surface area contributed by atoms with E-state index in [1.165, 1.54) is 0 Å². The number of ether oxygens (including phenoxy) is 1. The molecule has 164 valence electrons. The Kier molecular flexibility index (Phi) is 6.46. The molecule has 0 saturated carbocycles. The largest absolute Gasteiger partial charge is 3.00 e. The molecule has 0 radical (unpaired) electrons. The third-order valence-corrected chi connectivity index (χ3v) is 5.20. The fraction of sp³-hybridized carbons (Fsp3) is 0.143. The maximum Gasteiger partial charge on any atom is 3.00 e. The Balaban J connectivity index is 0.000000172. The number of rotatable bonds is 1. The molecule has 4 nitrogen and oxygen atoms in total. The van der Waals surface area contributed by atoms with Crippen molar-refractivity contribution in [2.24, 2.45) is 0 Å². The zero-order chi connectivity index (χ0) is 22.1. The second kappa shape index (κ2) is 9.30. The zero-order valence-corrected chi connectivity index (χ0v) is 21.1. The number of hydrogen-bond acceptors (Lipinski definition) is 2. The third-order valence-electron chi connectivity index (χ3n) is 5.20. The molecule has 5 aromatic rings. The monoisotopic (exact) mass is 610 g/mol. The predicted molar refractivity (Wildman–Crippen MR) is 125 cm³/mol. The van der Waals surface area contributed by atoms with Crippen LogP contribution >= 0.6 is 0 Å². The Morgan fingerprint density at radius 1 is 0.848 bits per heavy atom. The molecule has 0 N–H and O–H groups in total. The van der Waals surface area contributed by atoms with E-state index in [2.05, 4.69) is 59.4 Å². The van der Waals surface area contributed by atoms with E-state index in [1.54, 1.807) is 6.20 Å². The number of para-hydroxylation sites is 2. The summed E-state index contributed by atoms with van der Waals surface area (Å²) in [6, 6.07) is 32.0. The molecule has 1 aliphatic rings. The molecule has 0 bridgehead atoms. The first-order valence-corrected chi connectivity index (χ1v) is 10.6. The van der Waals surface area contributed by atoms with Crippen LogP contribution in [0.2, 0.25) is 0 Å². The average molecular weight is 610 g/mol. The first kappa shape index (κ1) is 22.9. The number of aromatic nitrogens is 3. The SMILES string of the molecule is CC(C)(C)n1[c-][n+]2c3c(cccc31)Oc1ccc[c-]c1-2.[Ir+3].[c-]1ccccc1-c1ccccn1. The molecule has 5 heteroatoms. The van der Waals surface area contributed by atoms with Gasteiger partial charge in [0.25, 0.3) is 0 Å². The van der Waals surface area contributed by atoms with Gasteiger partial charge in [-0.1, -0.05) is 24.3 Å². The number of imidazole rings is 1. The minimum absolute atomic E-state index is 0. The summed E-state index contributed by atoms with van der Waals surface area (Å²) < 4.78 is 10.2. The minimum Gasteiger partial charge on any atom is -0.527 e. The maximum absolute atomic E-state index is 5.99. The van der Waals surface area contributed by atoms with Crippen LogP contribution in [0, 0.1) is 18.5 Å². The fourth-order valence-electron chi connectivity index (χ4n) is 3.74. The normalized spacial score (nSPS) is 11.5. The zero-order valence-electron chi connectivity index (χ0n) is 18.7. The first-order chi connectivity index (χ1) is 15.5. The topological polar surface area (TPSA) is 30.9 Å². The summed E-state index contributed by atoms with van der Waals surface area (Å²) in [5, 5.41) is 0. The quantitative estimate of drug-likeness (QED) is 0.171. The Bertz CT molecular complexity index is 1340. The predicted octanol–water partition coefficient (Wildman–Crippen LogP) is 5.93. The second-order valence-corrected chi connectivity index (χ2v) is 8.54. The van der Waals surface area contributed by atoms with Crippen molar-refractivity contribution >= 4 is 11.0 Å². The van der Waals surface area contributed by atoms with Gasteiger partial charge in [0.2, 0.25) is 6.33 Å². The van der Waals surface area contributed by atoms with Crippen LogP contribution in [-0.4, -0.2) is 9.55 Å². The molecule has 0 unspecified atom stereocenters. The van der Waals surface area contributed by atoms with Crippen LogP contribution in [0.5, 0.6) is 11.5 Å². The van der Waals surface area contributed by atoms with E-state index >= 15 is 0 Å². The van der Waals surface area contributed by atoms with Crippen molar-refractivity contribution in [1.29, 1.82) is 0 Å². The summed E-state index contributed by atoms with van der Waals surface area (Å²) in [6.45, 7) is 6.52. The molecule has 6 rings (SSSR count). The Morgan fingerprint density at radius 2 is 1.64 bits per heavy atom. The van der Waals surface area contributed by atoms with Gasteiger partial charge in [0.1, 0.15) is 5.75 Å². The van der Waals surface area contributed by atoms with Gasteiger partial charge in [0, 0.05) is 11.9 Å². The van der Waals surface area contributed by atoms with E-state index in [4.69, 9.17) is 4.74 Å². The summed E-state index contributed by atoms with van der Waals surface area (Å²) in [5.41, 5.74) is 5.06. The van der Waals surface area contributed by atoms with Gasteiger partial charge in [-0.3, -0.25) is 0 Å². The van der Waals surface area contributed by atoms with Crippen LogP contribution in [0.15, 0.2) is 85.1 Å². The standard InChI is InChI=1S/C17H15N2O.C11H8N.Ir/c1-17(2,3)19-11-18-12-7-4-5-9-14(12)20-15-10-6-8-13(19)16(15)18;1-2-6-10(7-3-1)11-8-4-5-9-12-11;/h4-6,8-10H,1-3H3;1-6,8-9H;/q2*-1;+3. The van der Waals surface area contributed by atoms with Crippen LogP contribution in [0.25, 0.3) is 28.0 Å². The van der Waals surface area contributed by atoms with Gasteiger partial charge in [-0.05, 0) is 44.3 Å². The molecular formula is C28H23IrN3O+. The molecule has 0 amide bonds. The number of benzene rings is 3. The smallest absolute Gasteiger partial charge is 0.527 e. The van der Waals surface area contributed by atoms with Gasteiger partial charge in [-0.15, -0.1) is 42.0 Å². The molecule has 3 heterocycles. The summed E-state index contributed by atoms with van der Waals surface area (Å²) in [6.07, 6.45) is 5.24. The average Bonchev–Trinajstić information content (AvgIpc) is 3.23. The third kappa shape index (κ3) is 4.47. The van der Waals surface area contributed by atoms with E-state index in [0.717, 1.165) is 39.5 Å². The molecule has 1 aliphatic heterocycles. The minimum atomic E-state index is -0.0403. The Hall–Kier alpha value is -3.27. The maximum atomic E-state index is 5.99. The molecule has 2 aromatic heterocycles. The number of pyridine rings is 1. The van der Waals surface area contributed by atoms with E-state index < -0.39 is 0 Å². The van der Waals surface area contributed by atoms with Crippen molar-refractivity contribution < 1.29 is 29.4 Å². The van der Waals surface area contributed by atoms with Gasteiger partial charge in [0.05, 0.1) is 16.6 Å². The van der Waals surface area contributed by atoms with Gasteiger partial charge in [-0.25, -0.2) is 0 Å². The number of nitrogens with zero attached hydrogens (tertiary/aromatic N) is 3. The van der Waals surface area contributed by atoms with Crippen molar-refractivity contribution in [1.82, 2.24) is 9.55 Å². The van der Waals surface area contributed by atoms with Gasteiger partial charge >= 0.3 is 20.1 Å². The molecular weight excluding hydrogens is 587 g/mol. The van der Waals surface area contributed by atoms with Crippen LogP contribution in [0.3, 0.4) is 0 Å². The van der Waals surface area contributed by atoms with Crippen molar-refractivity contribution in [3.8, 4) is 28.4 Å². The van der Waals surface area contributed by atoms with Crippen molar-refractivity contribution in [3.63, 3.8) is 0 Å². The van der Waals surface area contributed by atoms with E-state index in [0.29, 0.717) is 0 Å². The summed E-state index contributed by atoms with van der Waals surface area (Å²) in [4.78, 5) is 4.22. The fourth-order valence-corrected chi connectivity index (χ4v) is 3.74. The molecule has 33 heavy (non-hydrogen) atoms. The summed E-state index contributed by atoms with van der Waals surface area (Å²) >= 11 is 0. The van der Waals surface area contributed by atoms with Gasteiger partial charge in [-0.2, -0.15) is 18.2 Å². The van der Waals surface area contributed by atoms with Crippen LogP contribution in [0.4, 0.5) is 0 Å². The summed E-state index contributed by atoms with van der Waals surface area (Å²) in [7, 11) is 0. The van der Waals surface area contributed by atoms with Gasteiger partial charge < -0.3 is 18.9 Å². The van der Waals surface area contributed by atoms with Crippen molar-refractivity contribution in [2.75, 3.05) is 0 Å². The molecule has 0 spiro atoms. The van der Waals surface area contributed by atoms with Crippen LogP contribution in [0.1, 0.15) is 20.8 Å². The Labute approximate surface area is 207 Å². The van der Waals surface area contributed by atoms with E-state index in [9.17, 15) is 0 Å². The molecule has 0 aliphatic carbocycles. The second-order valence-electron chi connectivity index (χ2n) is 8.54. The first-order valence-electron chi connectivity index (χ1n) is 10.6. The number of hydrogen-bond donors (Lipinski definition) is 0. The van der Waals surface area contributed by atoms with E-state index in [-0.39, 0.29) is 25.6 Å². The Morgan fingerprint density at radius 3 is 2.36 bits per heavy atom. The number of fused-ring (bicyclic) bond motifs is 2. The summed E-state index contributed by atoms with van der Waals surface area (Å²) in [5.74, 6) is 1.69. The molecule has 0 fully saturated rings. The van der Waals surface area contributed by atoms with Crippen molar-refractivity contribution in [2.45, 2.75) is 26.3 Å². The van der Waals surface area contributed by atoms with E-state index in [1.807, 2.05) is 72.8 Å². The molecule has 0 atom stereocenters. The van der Waals surface area contributed by atoms with Crippen LogP contribution < -0.4 is 9.30 Å².